The van der Waals surface area contributed by atoms with Crippen LogP contribution in [0.25, 0.3) is 22.1 Å². The number of fused-ring (bicyclic) bond motifs is 2. The van der Waals surface area contributed by atoms with Gasteiger partial charge in [-0.15, -0.1) is 0 Å². The number of nitrogens with zero attached hydrogens (tertiary/aromatic N) is 2. The van der Waals surface area contributed by atoms with Gasteiger partial charge >= 0.3 is 0 Å². The van der Waals surface area contributed by atoms with E-state index in [4.69, 9.17) is 16.3 Å². The third-order valence-corrected chi connectivity index (χ3v) is 2.54. The Hall–Kier alpha value is -2.89. The molecule has 6 heteroatoms. The molecule has 2 aromatic carbocycles. The highest BCUT2D eigenvalue weighted by atomic mass is 16.1. The summed E-state index contributed by atoms with van der Waals surface area (Å²) in [6.07, 6.45) is 0.250. The van der Waals surface area contributed by atoms with E-state index < -0.39 is 0 Å². The van der Waals surface area contributed by atoms with E-state index in [0.717, 1.165) is 22.1 Å². The predicted octanol–water partition coefficient (Wildman–Crippen LogP) is 1.05. The van der Waals surface area contributed by atoms with Gasteiger partial charge in [0.15, 0.2) is 0 Å². The van der Waals surface area contributed by atoms with E-state index in [2.05, 4.69) is 15.7 Å². The van der Waals surface area contributed by atoms with Crippen molar-refractivity contribution < 1.29 is 4.79 Å². The normalized spacial score (nSPS) is 9.89. The van der Waals surface area contributed by atoms with Gasteiger partial charge in [-0.25, -0.2) is 9.97 Å². The van der Waals surface area contributed by atoms with Gasteiger partial charge in [-0.05, 0) is 24.3 Å². The first-order chi connectivity index (χ1) is 9.15. The van der Waals surface area contributed by atoms with Crippen LogP contribution in [0.5, 0.6) is 0 Å². The summed E-state index contributed by atoms with van der Waals surface area (Å²) in [7, 11) is 0. The SMILES string of the molecule is NC=O.Nc1cc2nc3ccccc3nc2cc1N. The number of anilines is 2. The van der Waals surface area contributed by atoms with Gasteiger partial charge in [0.25, 0.3) is 0 Å². The van der Waals surface area contributed by atoms with Crippen molar-refractivity contribution in [1.82, 2.24) is 9.97 Å². The van der Waals surface area contributed by atoms with E-state index in [1.807, 2.05) is 24.3 Å². The molecule has 0 saturated heterocycles. The van der Waals surface area contributed by atoms with Gasteiger partial charge < -0.3 is 17.2 Å². The number of amides is 1. The van der Waals surface area contributed by atoms with Gasteiger partial charge in [-0.2, -0.15) is 0 Å². The van der Waals surface area contributed by atoms with E-state index in [1.165, 1.54) is 0 Å². The van der Waals surface area contributed by atoms with Gasteiger partial charge in [0.05, 0.1) is 33.4 Å². The lowest BCUT2D eigenvalue weighted by Gasteiger charge is -2.04. The average Bonchev–Trinajstić information content (AvgIpc) is 2.39. The molecule has 19 heavy (non-hydrogen) atoms. The predicted molar refractivity (Wildman–Crippen MR) is 76.1 cm³/mol. The molecule has 1 amide bonds. The summed E-state index contributed by atoms with van der Waals surface area (Å²) in [6.45, 7) is 0. The molecule has 0 aliphatic rings. The molecule has 0 unspecified atom stereocenters. The van der Waals surface area contributed by atoms with Crippen molar-refractivity contribution >= 4 is 39.9 Å². The molecule has 1 aromatic heterocycles. The van der Waals surface area contributed by atoms with Crippen molar-refractivity contribution in [2.75, 3.05) is 11.5 Å². The maximum absolute atomic E-state index is 8.58. The van der Waals surface area contributed by atoms with Gasteiger partial charge in [0.1, 0.15) is 0 Å². The number of aromatic nitrogens is 2. The summed E-state index contributed by atoms with van der Waals surface area (Å²) in [5, 5.41) is 0. The Morgan fingerprint density at radius 3 is 1.58 bits per heavy atom. The molecular formula is C13H13N5O. The highest BCUT2D eigenvalue weighted by molar-refractivity contribution is 5.91. The van der Waals surface area contributed by atoms with E-state index in [9.17, 15) is 0 Å². The van der Waals surface area contributed by atoms with E-state index >= 15 is 0 Å². The summed E-state index contributed by atoms with van der Waals surface area (Å²) >= 11 is 0. The van der Waals surface area contributed by atoms with Crippen LogP contribution in [0.15, 0.2) is 36.4 Å². The minimum Gasteiger partial charge on any atom is -0.397 e. The quantitative estimate of drug-likeness (QED) is 0.315. The number of para-hydroxylation sites is 2. The summed E-state index contributed by atoms with van der Waals surface area (Å²) in [4.78, 5) is 17.5. The Morgan fingerprint density at radius 1 is 0.842 bits per heavy atom. The van der Waals surface area contributed by atoms with Gasteiger partial charge in [0.2, 0.25) is 6.41 Å². The zero-order chi connectivity index (χ0) is 13.8. The number of carbonyl (C=O) groups is 1. The van der Waals surface area contributed by atoms with E-state index in [1.54, 1.807) is 12.1 Å². The maximum Gasteiger partial charge on any atom is 0.204 e. The van der Waals surface area contributed by atoms with Crippen LogP contribution in [-0.2, 0) is 4.79 Å². The van der Waals surface area contributed by atoms with Crippen LogP contribution in [0.2, 0.25) is 0 Å². The molecule has 96 valence electrons. The molecule has 3 aromatic rings. The van der Waals surface area contributed by atoms with E-state index in [0.29, 0.717) is 11.4 Å². The van der Waals surface area contributed by atoms with Crippen LogP contribution < -0.4 is 17.2 Å². The number of nitrogen functional groups attached to an aromatic ring is 2. The van der Waals surface area contributed by atoms with Crippen molar-refractivity contribution in [3.63, 3.8) is 0 Å². The molecule has 6 nitrogen and oxygen atoms in total. The molecule has 0 aliphatic carbocycles. The Labute approximate surface area is 109 Å². The number of benzene rings is 2. The average molecular weight is 255 g/mol. The monoisotopic (exact) mass is 255 g/mol. The smallest absolute Gasteiger partial charge is 0.204 e. The van der Waals surface area contributed by atoms with Crippen LogP contribution in [0, 0.1) is 0 Å². The minimum absolute atomic E-state index is 0.250. The summed E-state index contributed by atoms with van der Waals surface area (Å²) in [6, 6.07) is 11.2. The standard InChI is InChI=1S/C12H10N4.CH3NO/c13-7-5-11-12(6-8(7)14)16-10-4-2-1-3-9(10)15-11;2-1-3/h1-6H,13-14H2;1H,(H2,2,3). The zero-order valence-corrected chi connectivity index (χ0v) is 10.1. The number of carbonyl (C=O) groups excluding carboxylic acids is 1. The molecule has 0 bridgehead atoms. The van der Waals surface area contributed by atoms with Gasteiger partial charge in [-0.3, -0.25) is 4.79 Å². The second-order valence-electron chi connectivity index (χ2n) is 3.82. The Bertz CT molecular complexity index is 682. The fourth-order valence-corrected chi connectivity index (χ4v) is 1.70. The summed E-state index contributed by atoms with van der Waals surface area (Å²) in [5.41, 5.74) is 20.0. The molecule has 3 rings (SSSR count). The highest BCUT2D eigenvalue weighted by Crippen LogP contribution is 2.22. The summed E-state index contributed by atoms with van der Waals surface area (Å²) in [5.74, 6) is 0. The third-order valence-electron chi connectivity index (χ3n) is 2.54. The second-order valence-corrected chi connectivity index (χ2v) is 3.82. The molecule has 6 N–H and O–H groups in total. The molecule has 1 heterocycles. The fourth-order valence-electron chi connectivity index (χ4n) is 1.70. The van der Waals surface area contributed by atoms with Crippen molar-refractivity contribution in [1.29, 1.82) is 0 Å². The van der Waals surface area contributed by atoms with Crippen LogP contribution >= 0.6 is 0 Å². The van der Waals surface area contributed by atoms with Crippen LogP contribution in [-0.4, -0.2) is 16.4 Å². The van der Waals surface area contributed by atoms with Crippen LogP contribution in [0.4, 0.5) is 11.4 Å². The first kappa shape index (κ1) is 12.6. The second kappa shape index (κ2) is 5.18. The number of primary amides is 1. The van der Waals surface area contributed by atoms with Gasteiger partial charge in [-0.1, -0.05) is 12.1 Å². The molecule has 0 radical (unpaired) electrons. The Morgan fingerprint density at radius 2 is 1.21 bits per heavy atom. The Kier molecular flexibility index (Phi) is 3.42. The molecule has 0 atom stereocenters. The van der Waals surface area contributed by atoms with Crippen molar-refractivity contribution in [2.24, 2.45) is 5.73 Å². The van der Waals surface area contributed by atoms with Crippen molar-refractivity contribution in [2.45, 2.75) is 0 Å². The maximum atomic E-state index is 8.58. The lowest BCUT2D eigenvalue weighted by atomic mass is 10.2. The first-order valence-electron chi connectivity index (χ1n) is 5.52. The molecule has 0 spiro atoms. The molecule has 0 fully saturated rings. The minimum atomic E-state index is 0.250. The number of hydrogen-bond donors (Lipinski definition) is 3. The number of hydrogen-bond acceptors (Lipinski definition) is 5. The lowest BCUT2D eigenvalue weighted by Crippen LogP contribution is -1.96. The van der Waals surface area contributed by atoms with Crippen molar-refractivity contribution in [3.05, 3.63) is 36.4 Å². The van der Waals surface area contributed by atoms with Crippen LogP contribution in [0.1, 0.15) is 0 Å². The topological polar surface area (TPSA) is 121 Å². The zero-order valence-electron chi connectivity index (χ0n) is 10.1. The molecular weight excluding hydrogens is 242 g/mol. The summed E-state index contributed by atoms with van der Waals surface area (Å²) < 4.78 is 0. The number of rotatable bonds is 0. The highest BCUT2D eigenvalue weighted by Gasteiger charge is 2.03. The van der Waals surface area contributed by atoms with Crippen molar-refractivity contribution in [3.8, 4) is 0 Å². The number of nitrogens with two attached hydrogens (primary N) is 3. The molecule has 0 aliphatic heterocycles. The Balaban J connectivity index is 0.000000408. The largest absolute Gasteiger partial charge is 0.397 e. The van der Waals surface area contributed by atoms with E-state index in [-0.39, 0.29) is 6.41 Å². The third kappa shape index (κ3) is 2.52. The van der Waals surface area contributed by atoms with Gasteiger partial charge in [0, 0.05) is 0 Å². The lowest BCUT2D eigenvalue weighted by molar-refractivity contribution is -0.106. The first-order valence-corrected chi connectivity index (χ1v) is 5.52. The van der Waals surface area contributed by atoms with Crippen LogP contribution in [0.3, 0.4) is 0 Å². The molecule has 0 saturated carbocycles. The fraction of sp³-hybridized carbons (Fsp3) is 0.